The number of thiophene rings is 1. The first-order chi connectivity index (χ1) is 12.9. The molecule has 0 saturated heterocycles. The van der Waals surface area contributed by atoms with Crippen LogP contribution in [0.5, 0.6) is 0 Å². The van der Waals surface area contributed by atoms with Crippen molar-refractivity contribution in [2.45, 2.75) is 16.8 Å². The molecule has 142 valence electrons. The van der Waals surface area contributed by atoms with Crippen LogP contribution in [0.3, 0.4) is 0 Å². The number of nitrogens with zero attached hydrogens (tertiary/aromatic N) is 3. The summed E-state index contributed by atoms with van der Waals surface area (Å²) in [5, 5.41) is 6.87. The highest BCUT2D eigenvalue weighted by atomic mass is 35.5. The average Bonchev–Trinajstić information content (AvgIpc) is 3.32. The molecule has 0 fully saturated rings. The number of sulfonamides is 1. The largest absolute Gasteiger partial charge is 0.346 e. The van der Waals surface area contributed by atoms with Crippen molar-refractivity contribution in [3.05, 3.63) is 65.0 Å². The van der Waals surface area contributed by atoms with Crippen molar-refractivity contribution >= 4 is 38.9 Å². The Morgan fingerprint density at radius 1 is 1.22 bits per heavy atom. The molecule has 0 aliphatic rings. The Balaban J connectivity index is 1.65. The maximum atomic E-state index is 12.3. The Morgan fingerprint density at radius 3 is 2.63 bits per heavy atom. The molecule has 1 aromatic carbocycles. The van der Waals surface area contributed by atoms with Gasteiger partial charge in [-0.15, -0.1) is 11.3 Å². The van der Waals surface area contributed by atoms with Gasteiger partial charge in [-0.3, -0.25) is 9.48 Å². The van der Waals surface area contributed by atoms with Crippen LogP contribution < -0.4 is 10.0 Å². The monoisotopic (exact) mass is 425 g/mol. The van der Waals surface area contributed by atoms with Gasteiger partial charge < -0.3 is 5.32 Å². The lowest BCUT2D eigenvalue weighted by Gasteiger charge is -2.19. The molecular weight excluding hydrogens is 410 g/mol. The zero-order chi connectivity index (χ0) is 19.3. The number of carbonyl (C=O) groups excluding carboxylic acids is 1. The number of hydrogen-bond donors (Lipinski definition) is 2. The van der Waals surface area contributed by atoms with E-state index in [1.54, 1.807) is 11.0 Å². The van der Waals surface area contributed by atoms with Crippen molar-refractivity contribution in [1.29, 1.82) is 0 Å². The van der Waals surface area contributed by atoms with Crippen LogP contribution in [0.4, 0.5) is 0 Å². The lowest BCUT2D eigenvalue weighted by Crippen LogP contribution is -2.39. The molecule has 0 aliphatic carbocycles. The van der Waals surface area contributed by atoms with Crippen molar-refractivity contribution in [1.82, 2.24) is 24.8 Å². The summed E-state index contributed by atoms with van der Waals surface area (Å²) in [6, 6.07) is 11.8. The van der Waals surface area contributed by atoms with Crippen molar-refractivity contribution < 1.29 is 13.2 Å². The number of halogens is 1. The maximum absolute atomic E-state index is 12.3. The summed E-state index contributed by atoms with van der Waals surface area (Å²) in [7, 11) is -3.79. The van der Waals surface area contributed by atoms with Crippen LogP contribution in [-0.4, -0.2) is 35.6 Å². The van der Waals surface area contributed by atoms with Gasteiger partial charge in [0.2, 0.25) is 5.91 Å². The molecule has 3 rings (SSSR count). The third-order valence-corrected chi connectivity index (χ3v) is 6.73. The number of hydrogen-bond acceptors (Lipinski definition) is 6. The molecule has 27 heavy (non-hydrogen) atoms. The normalized spacial score (nSPS) is 12.6. The van der Waals surface area contributed by atoms with Gasteiger partial charge >= 0.3 is 0 Å². The molecule has 0 aliphatic heterocycles. The Hall–Kier alpha value is -2.27. The molecule has 3 aromatic rings. The van der Waals surface area contributed by atoms with Crippen molar-refractivity contribution in [3.8, 4) is 0 Å². The third-order valence-electron chi connectivity index (χ3n) is 3.61. The molecule has 2 aromatic heterocycles. The number of rotatable bonds is 8. The molecule has 0 radical (unpaired) electrons. The second-order valence-corrected chi connectivity index (χ2v) is 9.24. The van der Waals surface area contributed by atoms with Gasteiger partial charge in [0.1, 0.15) is 16.9 Å². The predicted octanol–water partition coefficient (Wildman–Crippen LogP) is 1.83. The Labute approximate surface area is 165 Å². The summed E-state index contributed by atoms with van der Waals surface area (Å²) in [6.45, 7) is -0.0262. The first-order valence-electron chi connectivity index (χ1n) is 7.86. The zero-order valence-electron chi connectivity index (χ0n) is 13.9. The SMILES string of the molecule is O=C(CNS(=O)(=O)c1ccc(Cl)s1)NC(Cn1cncn1)c1ccccc1. The highest BCUT2D eigenvalue weighted by Crippen LogP contribution is 2.25. The Morgan fingerprint density at radius 2 is 2.00 bits per heavy atom. The smallest absolute Gasteiger partial charge is 0.250 e. The van der Waals surface area contributed by atoms with Crippen LogP contribution in [0.15, 0.2) is 59.3 Å². The van der Waals surface area contributed by atoms with Crippen molar-refractivity contribution in [3.63, 3.8) is 0 Å². The van der Waals surface area contributed by atoms with E-state index >= 15 is 0 Å². The average molecular weight is 426 g/mol. The second kappa shape index (κ2) is 8.61. The van der Waals surface area contributed by atoms with Crippen LogP contribution >= 0.6 is 22.9 Å². The fourth-order valence-corrected chi connectivity index (χ4v) is 4.86. The molecule has 8 nitrogen and oxygen atoms in total. The quantitative estimate of drug-likeness (QED) is 0.572. The van der Waals surface area contributed by atoms with E-state index in [0.717, 1.165) is 16.9 Å². The van der Waals surface area contributed by atoms with Gasteiger partial charge in [-0.1, -0.05) is 41.9 Å². The van der Waals surface area contributed by atoms with E-state index in [4.69, 9.17) is 11.6 Å². The second-order valence-electron chi connectivity index (χ2n) is 5.53. The first kappa shape index (κ1) is 19.5. The number of benzene rings is 1. The van der Waals surface area contributed by atoms with Crippen LogP contribution in [0.1, 0.15) is 11.6 Å². The van der Waals surface area contributed by atoms with E-state index in [2.05, 4.69) is 20.1 Å². The van der Waals surface area contributed by atoms with Gasteiger partial charge in [0.15, 0.2) is 0 Å². The molecule has 0 saturated carbocycles. The molecule has 1 unspecified atom stereocenters. The highest BCUT2D eigenvalue weighted by Gasteiger charge is 2.20. The summed E-state index contributed by atoms with van der Waals surface area (Å²) < 4.78 is 28.7. The molecule has 2 N–H and O–H groups in total. The number of amides is 1. The molecule has 0 bridgehead atoms. The third kappa shape index (κ3) is 5.36. The van der Waals surface area contributed by atoms with Gasteiger partial charge in [-0.05, 0) is 17.7 Å². The lowest BCUT2D eigenvalue weighted by atomic mass is 10.1. The van der Waals surface area contributed by atoms with Crippen molar-refractivity contribution in [2.75, 3.05) is 6.54 Å². The van der Waals surface area contributed by atoms with Gasteiger partial charge in [0, 0.05) is 0 Å². The van der Waals surface area contributed by atoms with E-state index in [1.165, 1.54) is 18.5 Å². The zero-order valence-corrected chi connectivity index (χ0v) is 16.3. The minimum atomic E-state index is -3.79. The van der Waals surface area contributed by atoms with E-state index in [9.17, 15) is 13.2 Å². The fraction of sp³-hybridized carbons (Fsp3) is 0.188. The van der Waals surface area contributed by atoms with Gasteiger partial charge in [0.05, 0.1) is 23.5 Å². The van der Waals surface area contributed by atoms with Crippen LogP contribution in [0, 0.1) is 0 Å². The fourth-order valence-electron chi connectivity index (χ4n) is 2.35. The number of nitrogens with one attached hydrogen (secondary N) is 2. The minimum Gasteiger partial charge on any atom is -0.346 e. The van der Waals surface area contributed by atoms with Crippen LogP contribution in [0.2, 0.25) is 4.34 Å². The van der Waals surface area contributed by atoms with E-state index in [1.807, 2.05) is 30.3 Å². The van der Waals surface area contributed by atoms with Crippen LogP contribution in [-0.2, 0) is 21.4 Å². The molecule has 11 heteroatoms. The summed E-state index contributed by atoms with van der Waals surface area (Å²) >= 11 is 6.69. The lowest BCUT2D eigenvalue weighted by molar-refractivity contribution is -0.120. The molecule has 1 amide bonds. The summed E-state index contributed by atoms with van der Waals surface area (Å²) in [6.07, 6.45) is 2.95. The standard InChI is InChI=1S/C16H16ClN5O3S2/c17-14-6-7-16(26-14)27(24,25)20-8-15(23)21-13(9-22-11-18-10-19-22)12-4-2-1-3-5-12/h1-7,10-11,13,20H,8-9H2,(H,21,23). The predicted molar refractivity (Wildman–Crippen MR) is 102 cm³/mol. The Kier molecular flexibility index (Phi) is 6.22. The number of aromatic nitrogens is 3. The summed E-state index contributed by atoms with van der Waals surface area (Å²) in [4.78, 5) is 16.2. The van der Waals surface area contributed by atoms with Gasteiger partial charge in [0.25, 0.3) is 10.0 Å². The van der Waals surface area contributed by atoms with E-state index in [0.29, 0.717) is 10.9 Å². The topological polar surface area (TPSA) is 106 Å². The maximum Gasteiger partial charge on any atom is 0.250 e. The van der Waals surface area contributed by atoms with E-state index in [-0.39, 0.29) is 10.3 Å². The first-order valence-corrected chi connectivity index (χ1v) is 10.5. The van der Waals surface area contributed by atoms with Gasteiger partial charge in [-0.25, -0.2) is 18.1 Å². The molecule has 1 atom stereocenters. The number of carbonyl (C=O) groups is 1. The summed E-state index contributed by atoms with van der Waals surface area (Å²) in [5.74, 6) is -0.463. The van der Waals surface area contributed by atoms with Crippen molar-refractivity contribution in [2.24, 2.45) is 0 Å². The van der Waals surface area contributed by atoms with Gasteiger partial charge in [-0.2, -0.15) is 5.10 Å². The highest BCUT2D eigenvalue weighted by molar-refractivity contribution is 7.91. The molecule has 0 spiro atoms. The molecular formula is C16H16ClN5O3S2. The van der Waals surface area contributed by atoms with E-state index < -0.39 is 22.5 Å². The summed E-state index contributed by atoms with van der Waals surface area (Å²) in [5.41, 5.74) is 0.870. The Bertz CT molecular complexity index is 990. The molecule has 2 heterocycles. The minimum absolute atomic E-state index is 0.0579. The van der Waals surface area contributed by atoms with Crippen LogP contribution in [0.25, 0.3) is 0 Å².